The minimum atomic E-state index is -0.340. The van der Waals surface area contributed by atoms with E-state index in [0.29, 0.717) is 0 Å². The number of carbonyl (C=O) groups is 2. The van der Waals surface area contributed by atoms with E-state index in [1.807, 2.05) is 34.3 Å². The van der Waals surface area contributed by atoms with Gasteiger partial charge in [-0.3, -0.25) is 9.59 Å². The first kappa shape index (κ1) is 34.3. The van der Waals surface area contributed by atoms with E-state index in [1.165, 1.54) is 11.4 Å². The second kappa shape index (κ2) is 14.3. The molecular formula is C34H50BBrN4O4. The average Bonchev–Trinajstić information content (AvgIpc) is 3.23. The van der Waals surface area contributed by atoms with Gasteiger partial charge in [-0.1, -0.05) is 34.1 Å². The highest BCUT2D eigenvalue weighted by molar-refractivity contribution is 9.10. The number of rotatable bonds is 5. The molecule has 3 aliphatic heterocycles. The van der Waals surface area contributed by atoms with Gasteiger partial charge in [-0.2, -0.15) is 0 Å². The van der Waals surface area contributed by atoms with Crippen LogP contribution in [-0.4, -0.2) is 94.3 Å². The van der Waals surface area contributed by atoms with Gasteiger partial charge in [-0.15, -0.1) is 0 Å². The molecule has 0 unspecified atom stereocenters. The van der Waals surface area contributed by atoms with Crippen molar-refractivity contribution in [3.8, 4) is 0 Å². The molecule has 0 N–H and O–H groups in total. The summed E-state index contributed by atoms with van der Waals surface area (Å²) in [5, 5.41) is 0. The average molecular weight is 670 g/mol. The van der Waals surface area contributed by atoms with E-state index in [0.717, 1.165) is 61.8 Å². The molecule has 0 saturated carbocycles. The lowest BCUT2D eigenvalue weighted by Gasteiger charge is -2.34. The third-order valence-electron chi connectivity index (χ3n) is 9.50. The quantitative estimate of drug-likeness (QED) is 0.416. The van der Waals surface area contributed by atoms with Crippen molar-refractivity contribution >= 4 is 51.7 Å². The zero-order chi connectivity index (χ0) is 32.2. The Hall–Kier alpha value is -2.56. The van der Waals surface area contributed by atoms with E-state index in [9.17, 15) is 9.59 Å². The van der Waals surface area contributed by atoms with Crippen LogP contribution in [0.3, 0.4) is 0 Å². The molecule has 240 valence electrons. The van der Waals surface area contributed by atoms with Crippen molar-refractivity contribution in [3.63, 3.8) is 0 Å². The molecule has 5 rings (SSSR count). The van der Waals surface area contributed by atoms with Crippen LogP contribution in [-0.2, 0) is 18.9 Å². The molecule has 0 atom stereocenters. The lowest BCUT2D eigenvalue weighted by atomic mass is 9.79. The fraction of sp³-hybridized carbons (Fsp3) is 0.588. The molecule has 44 heavy (non-hydrogen) atoms. The topological polar surface area (TPSA) is 65.6 Å². The Morgan fingerprint density at radius 3 is 1.55 bits per heavy atom. The number of anilines is 2. The van der Waals surface area contributed by atoms with E-state index >= 15 is 0 Å². The summed E-state index contributed by atoms with van der Waals surface area (Å²) in [6, 6.07) is 16.8. The van der Waals surface area contributed by atoms with Gasteiger partial charge in [0.2, 0.25) is 11.8 Å². The fourth-order valence-electron chi connectivity index (χ4n) is 6.02. The van der Waals surface area contributed by atoms with E-state index in [2.05, 4.69) is 95.9 Å². The molecule has 3 heterocycles. The van der Waals surface area contributed by atoms with Crippen LogP contribution in [0.4, 0.5) is 11.4 Å². The van der Waals surface area contributed by atoms with Crippen molar-refractivity contribution in [2.75, 3.05) is 64.2 Å². The highest BCUT2D eigenvalue weighted by Gasteiger charge is 2.51. The minimum Gasteiger partial charge on any atom is -0.399 e. The monoisotopic (exact) mass is 668 g/mol. The molecule has 8 nitrogen and oxygen atoms in total. The molecule has 3 saturated heterocycles. The Labute approximate surface area is 273 Å². The summed E-state index contributed by atoms with van der Waals surface area (Å²) in [6.45, 7) is 12.0. The van der Waals surface area contributed by atoms with Crippen molar-refractivity contribution in [2.45, 2.75) is 64.6 Å². The maximum Gasteiger partial charge on any atom is 0.494 e. The Morgan fingerprint density at radius 2 is 1.14 bits per heavy atom. The largest absolute Gasteiger partial charge is 0.494 e. The number of hydrogen-bond acceptors (Lipinski definition) is 6. The smallest absolute Gasteiger partial charge is 0.399 e. The van der Waals surface area contributed by atoms with Crippen molar-refractivity contribution in [1.29, 1.82) is 0 Å². The van der Waals surface area contributed by atoms with Crippen LogP contribution >= 0.6 is 15.9 Å². The van der Waals surface area contributed by atoms with Crippen LogP contribution in [0.25, 0.3) is 0 Å². The van der Waals surface area contributed by atoms with Gasteiger partial charge in [0.15, 0.2) is 0 Å². The van der Waals surface area contributed by atoms with Crippen LogP contribution in [0.2, 0.25) is 0 Å². The van der Waals surface area contributed by atoms with Gasteiger partial charge < -0.3 is 28.9 Å². The van der Waals surface area contributed by atoms with Crippen molar-refractivity contribution in [3.05, 3.63) is 53.0 Å². The number of hydrogen-bond donors (Lipinski definition) is 0. The van der Waals surface area contributed by atoms with Crippen LogP contribution in [0, 0.1) is 11.8 Å². The second-order valence-corrected chi connectivity index (χ2v) is 14.6. The fourth-order valence-corrected chi connectivity index (χ4v) is 6.41. The molecule has 10 heteroatoms. The summed E-state index contributed by atoms with van der Waals surface area (Å²) in [4.78, 5) is 32.2. The molecule has 0 bridgehead atoms. The van der Waals surface area contributed by atoms with Gasteiger partial charge in [0.05, 0.1) is 11.2 Å². The van der Waals surface area contributed by atoms with Crippen molar-refractivity contribution in [2.24, 2.45) is 11.8 Å². The molecule has 3 aliphatic rings. The summed E-state index contributed by atoms with van der Waals surface area (Å²) >= 11 is 3.50. The zero-order valence-corrected chi connectivity index (χ0v) is 29.4. The molecule has 0 aliphatic carbocycles. The Kier molecular flexibility index (Phi) is 11.1. The first-order valence-electron chi connectivity index (χ1n) is 15.8. The Balaban J connectivity index is 0.000000215. The van der Waals surface area contributed by atoms with Crippen LogP contribution in [0.15, 0.2) is 53.0 Å². The maximum absolute atomic E-state index is 12.2. The predicted molar refractivity (Wildman–Crippen MR) is 184 cm³/mol. The van der Waals surface area contributed by atoms with Gasteiger partial charge in [0.1, 0.15) is 0 Å². The van der Waals surface area contributed by atoms with Gasteiger partial charge in [0, 0.05) is 82.1 Å². The molecule has 2 amide bonds. The van der Waals surface area contributed by atoms with E-state index in [4.69, 9.17) is 9.31 Å². The molecule has 3 fully saturated rings. The normalized spacial score (nSPS) is 20.2. The number of benzene rings is 2. The highest BCUT2D eigenvalue weighted by atomic mass is 79.9. The minimum absolute atomic E-state index is 0.146. The number of amides is 2. The molecule has 0 spiro atoms. The van der Waals surface area contributed by atoms with Gasteiger partial charge in [-0.25, -0.2) is 0 Å². The van der Waals surface area contributed by atoms with Gasteiger partial charge in [-0.05, 0) is 89.2 Å². The Morgan fingerprint density at radius 1 is 0.727 bits per heavy atom. The van der Waals surface area contributed by atoms with Gasteiger partial charge in [0.25, 0.3) is 0 Å². The molecule has 0 aromatic heterocycles. The zero-order valence-electron chi connectivity index (χ0n) is 27.8. The number of carbonyl (C=O) groups excluding carboxylic acids is 2. The van der Waals surface area contributed by atoms with Crippen LogP contribution < -0.4 is 15.3 Å². The number of piperidine rings is 2. The molecular weight excluding hydrogens is 619 g/mol. The summed E-state index contributed by atoms with van der Waals surface area (Å²) in [6.07, 6.45) is 3.70. The molecule has 0 radical (unpaired) electrons. The predicted octanol–water partition coefficient (Wildman–Crippen LogP) is 5.04. The number of nitrogens with zero attached hydrogens (tertiary/aromatic N) is 4. The third kappa shape index (κ3) is 8.18. The standard InChI is InChI=1S/C20H31BN2O3.C14H19BrN2O/c1-19(2)20(3,4)26-21(25-19)16-8-7-9-17(14-16)23-12-10-15(11-13-23)18(24)22(5)6;1-16(2)14(18)11-6-8-17(9-7-11)13-5-3-4-12(15)10-13/h7-9,14-15H,10-13H2,1-6H3;3-5,10-11H,6-9H2,1-2H3. The maximum atomic E-state index is 12.2. The third-order valence-corrected chi connectivity index (χ3v) is 10.00. The summed E-state index contributed by atoms with van der Waals surface area (Å²) in [5.41, 5.74) is 2.79. The highest BCUT2D eigenvalue weighted by Crippen LogP contribution is 2.37. The van der Waals surface area contributed by atoms with E-state index < -0.39 is 0 Å². The van der Waals surface area contributed by atoms with Crippen molar-refractivity contribution < 1.29 is 18.9 Å². The van der Waals surface area contributed by atoms with E-state index in [1.54, 1.807) is 9.80 Å². The van der Waals surface area contributed by atoms with Crippen molar-refractivity contribution in [1.82, 2.24) is 9.80 Å². The summed E-state index contributed by atoms with van der Waals surface area (Å²) in [7, 11) is 7.00. The SMILES string of the molecule is CN(C)C(=O)C1CCN(c2cccc(B3OC(C)(C)C(C)(C)O3)c2)CC1.CN(C)C(=O)C1CCN(c2cccc(Br)c2)CC1. The first-order valence-corrected chi connectivity index (χ1v) is 16.6. The first-order chi connectivity index (χ1) is 20.7. The Bertz CT molecular complexity index is 1270. The van der Waals surface area contributed by atoms with E-state index in [-0.39, 0.29) is 42.0 Å². The summed E-state index contributed by atoms with van der Waals surface area (Å²) < 4.78 is 13.5. The number of halogens is 1. The molecule has 2 aromatic carbocycles. The lowest BCUT2D eigenvalue weighted by molar-refractivity contribution is -0.134. The van der Waals surface area contributed by atoms with Gasteiger partial charge >= 0.3 is 7.12 Å². The summed E-state index contributed by atoms with van der Waals surface area (Å²) in [5.74, 6) is 0.857. The van der Waals surface area contributed by atoms with Crippen LogP contribution in [0.5, 0.6) is 0 Å². The molecule has 2 aromatic rings. The second-order valence-electron chi connectivity index (χ2n) is 13.7. The van der Waals surface area contributed by atoms with Crippen LogP contribution in [0.1, 0.15) is 53.4 Å². The lowest BCUT2D eigenvalue weighted by Crippen LogP contribution is -2.41.